The smallest absolute Gasteiger partial charge is 0.163 e. The van der Waals surface area contributed by atoms with Gasteiger partial charge in [-0.1, -0.05) is 36.4 Å². The quantitative estimate of drug-likeness (QED) is 0.481. The van der Waals surface area contributed by atoms with Crippen LogP contribution in [0.15, 0.2) is 73.3 Å². The van der Waals surface area contributed by atoms with Gasteiger partial charge in [-0.05, 0) is 31.2 Å². The molecule has 26 heavy (non-hydrogen) atoms. The number of Topliss-reactive ketones (excluding diaryl/α,β-unsaturated/α-hetero) is 1. The number of aromatic nitrogens is 2. The summed E-state index contributed by atoms with van der Waals surface area (Å²) in [7, 11) is 0. The van der Waals surface area contributed by atoms with Crippen molar-refractivity contribution in [2.24, 2.45) is 0 Å². The molecular formula is C21H20N4O. The van der Waals surface area contributed by atoms with Crippen LogP contribution in [0.3, 0.4) is 0 Å². The highest BCUT2D eigenvalue weighted by Gasteiger charge is 2.07. The molecule has 0 atom stereocenters. The second-order valence-corrected chi connectivity index (χ2v) is 5.76. The fourth-order valence-electron chi connectivity index (χ4n) is 2.43. The summed E-state index contributed by atoms with van der Waals surface area (Å²) in [5.41, 5.74) is 2.46. The van der Waals surface area contributed by atoms with E-state index < -0.39 is 0 Å². The molecule has 130 valence electrons. The molecule has 1 aromatic heterocycles. The second-order valence-electron chi connectivity index (χ2n) is 5.76. The van der Waals surface area contributed by atoms with Crippen LogP contribution in [0, 0.1) is 0 Å². The second kappa shape index (κ2) is 8.07. The lowest BCUT2D eigenvalue weighted by atomic mass is 10.1. The Kier molecular flexibility index (Phi) is 5.39. The van der Waals surface area contributed by atoms with Gasteiger partial charge in [-0.2, -0.15) is 0 Å². The van der Waals surface area contributed by atoms with Crippen LogP contribution in [0.1, 0.15) is 17.3 Å². The van der Waals surface area contributed by atoms with E-state index in [1.807, 2.05) is 48.5 Å². The normalized spacial score (nSPS) is 10.2. The molecule has 3 rings (SSSR count). The third kappa shape index (κ3) is 4.33. The Labute approximate surface area is 152 Å². The monoisotopic (exact) mass is 344 g/mol. The molecule has 1 heterocycles. The molecule has 0 bridgehead atoms. The lowest BCUT2D eigenvalue weighted by Gasteiger charge is -2.11. The third-order valence-corrected chi connectivity index (χ3v) is 3.75. The van der Waals surface area contributed by atoms with Crippen LogP contribution in [0.5, 0.6) is 0 Å². The topological polar surface area (TPSA) is 66.9 Å². The van der Waals surface area contributed by atoms with Gasteiger partial charge in [0.25, 0.3) is 0 Å². The highest BCUT2D eigenvalue weighted by Crippen LogP contribution is 2.23. The van der Waals surface area contributed by atoms with E-state index in [9.17, 15) is 4.79 Å². The van der Waals surface area contributed by atoms with Crippen molar-refractivity contribution in [1.82, 2.24) is 9.97 Å². The Balaban J connectivity index is 1.91. The van der Waals surface area contributed by atoms with E-state index >= 15 is 0 Å². The molecule has 0 aliphatic rings. The summed E-state index contributed by atoms with van der Waals surface area (Å²) >= 11 is 0. The Morgan fingerprint density at radius 1 is 1.04 bits per heavy atom. The van der Waals surface area contributed by atoms with Crippen molar-refractivity contribution in [3.05, 3.63) is 78.9 Å². The molecule has 2 aromatic carbocycles. The number of carbonyl (C=O) groups excluding carboxylic acids is 1. The molecule has 3 aromatic rings. The van der Waals surface area contributed by atoms with Crippen LogP contribution in [-0.4, -0.2) is 22.3 Å². The minimum Gasteiger partial charge on any atom is -0.366 e. The highest BCUT2D eigenvalue weighted by molar-refractivity contribution is 5.94. The number of ketones is 1. The number of benzene rings is 2. The van der Waals surface area contributed by atoms with Crippen LogP contribution in [0.4, 0.5) is 17.3 Å². The lowest BCUT2D eigenvalue weighted by Crippen LogP contribution is -2.05. The maximum atomic E-state index is 11.4. The molecule has 2 N–H and O–H groups in total. The van der Waals surface area contributed by atoms with Gasteiger partial charge in [-0.15, -0.1) is 6.58 Å². The fourth-order valence-corrected chi connectivity index (χ4v) is 2.43. The Bertz CT molecular complexity index is 905. The number of carbonyl (C=O) groups is 1. The molecule has 5 heteroatoms. The summed E-state index contributed by atoms with van der Waals surface area (Å²) in [6.45, 7) is 5.88. The van der Waals surface area contributed by atoms with Gasteiger partial charge in [-0.25, -0.2) is 9.97 Å². The van der Waals surface area contributed by atoms with Gasteiger partial charge in [0.05, 0.1) is 0 Å². The first-order valence-electron chi connectivity index (χ1n) is 8.33. The van der Waals surface area contributed by atoms with E-state index in [1.165, 1.54) is 0 Å². The molecule has 0 saturated carbocycles. The Morgan fingerprint density at radius 3 is 2.38 bits per heavy atom. The van der Waals surface area contributed by atoms with E-state index in [0.29, 0.717) is 29.6 Å². The summed E-state index contributed by atoms with van der Waals surface area (Å²) < 4.78 is 0. The highest BCUT2D eigenvalue weighted by atomic mass is 16.1. The van der Waals surface area contributed by atoms with Crippen molar-refractivity contribution in [2.45, 2.75) is 6.92 Å². The van der Waals surface area contributed by atoms with E-state index in [0.717, 1.165) is 11.3 Å². The number of nitrogens with zero attached hydrogens (tertiary/aromatic N) is 2. The molecule has 0 aliphatic carbocycles. The summed E-state index contributed by atoms with van der Waals surface area (Å²) in [5, 5.41) is 6.47. The summed E-state index contributed by atoms with van der Waals surface area (Å²) in [6, 6.07) is 19.0. The van der Waals surface area contributed by atoms with Gasteiger partial charge in [-0.3, -0.25) is 4.79 Å². The molecule has 0 fully saturated rings. The van der Waals surface area contributed by atoms with Crippen molar-refractivity contribution in [3.63, 3.8) is 0 Å². The Morgan fingerprint density at radius 2 is 1.73 bits per heavy atom. The lowest BCUT2D eigenvalue weighted by molar-refractivity contribution is 0.101. The van der Waals surface area contributed by atoms with E-state index in [-0.39, 0.29) is 5.78 Å². The predicted octanol–water partition coefficient (Wildman–Crippen LogP) is 4.69. The summed E-state index contributed by atoms with van der Waals surface area (Å²) in [4.78, 5) is 20.6. The minimum absolute atomic E-state index is 0.0425. The molecular weight excluding hydrogens is 324 g/mol. The Hall–Kier alpha value is -3.47. The number of anilines is 3. The number of nitrogens with one attached hydrogen (secondary N) is 2. The average Bonchev–Trinajstić information content (AvgIpc) is 2.67. The third-order valence-electron chi connectivity index (χ3n) is 3.75. The van der Waals surface area contributed by atoms with Crippen molar-refractivity contribution >= 4 is 23.1 Å². The molecule has 0 amide bonds. The van der Waals surface area contributed by atoms with E-state index in [1.54, 1.807) is 25.1 Å². The van der Waals surface area contributed by atoms with Crippen molar-refractivity contribution in [2.75, 3.05) is 17.2 Å². The van der Waals surface area contributed by atoms with Gasteiger partial charge in [0.1, 0.15) is 11.6 Å². The van der Waals surface area contributed by atoms with Crippen molar-refractivity contribution in [1.29, 1.82) is 0 Å². The maximum absolute atomic E-state index is 11.4. The standard InChI is InChI=1S/C21H20N4O/c1-3-13-22-19-14-20(23-18-11-9-16(10-12-18)15(2)26)25-21(24-19)17-7-5-4-6-8-17/h3-12,14H,1,13H2,2H3,(H2,22,23,24,25). The SMILES string of the molecule is C=CCNc1cc(Nc2ccc(C(C)=O)cc2)nc(-c2ccccc2)n1. The molecule has 0 radical (unpaired) electrons. The van der Waals surface area contributed by atoms with Crippen LogP contribution in [-0.2, 0) is 0 Å². The van der Waals surface area contributed by atoms with Crippen molar-refractivity contribution < 1.29 is 4.79 Å². The van der Waals surface area contributed by atoms with E-state index in [2.05, 4.69) is 27.2 Å². The first-order valence-corrected chi connectivity index (χ1v) is 8.33. The summed E-state index contributed by atoms with van der Waals surface area (Å²) in [5.74, 6) is 2.05. The number of rotatable bonds is 7. The van der Waals surface area contributed by atoms with Crippen LogP contribution in [0.2, 0.25) is 0 Å². The molecule has 0 unspecified atom stereocenters. The van der Waals surface area contributed by atoms with Crippen LogP contribution >= 0.6 is 0 Å². The molecule has 0 spiro atoms. The van der Waals surface area contributed by atoms with Gasteiger partial charge >= 0.3 is 0 Å². The molecule has 0 saturated heterocycles. The first-order chi connectivity index (χ1) is 12.7. The molecule has 5 nitrogen and oxygen atoms in total. The zero-order valence-corrected chi connectivity index (χ0v) is 14.6. The number of hydrogen-bond donors (Lipinski definition) is 2. The molecule has 0 aliphatic heterocycles. The first kappa shape index (κ1) is 17.4. The van der Waals surface area contributed by atoms with Crippen LogP contribution < -0.4 is 10.6 Å². The van der Waals surface area contributed by atoms with Gasteiger partial charge in [0.2, 0.25) is 0 Å². The largest absolute Gasteiger partial charge is 0.366 e. The van der Waals surface area contributed by atoms with Gasteiger partial charge in [0.15, 0.2) is 11.6 Å². The van der Waals surface area contributed by atoms with Crippen LogP contribution in [0.25, 0.3) is 11.4 Å². The fraction of sp³-hybridized carbons (Fsp3) is 0.0952. The zero-order chi connectivity index (χ0) is 18.4. The minimum atomic E-state index is 0.0425. The zero-order valence-electron chi connectivity index (χ0n) is 14.6. The average molecular weight is 344 g/mol. The van der Waals surface area contributed by atoms with Gasteiger partial charge < -0.3 is 10.6 Å². The maximum Gasteiger partial charge on any atom is 0.163 e. The summed E-state index contributed by atoms with van der Waals surface area (Å²) in [6.07, 6.45) is 1.78. The predicted molar refractivity (Wildman–Crippen MR) is 106 cm³/mol. The van der Waals surface area contributed by atoms with Crippen molar-refractivity contribution in [3.8, 4) is 11.4 Å². The number of hydrogen-bond acceptors (Lipinski definition) is 5. The van der Waals surface area contributed by atoms with E-state index in [4.69, 9.17) is 0 Å². The van der Waals surface area contributed by atoms with Gasteiger partial charge in [0, 0.05) is 29.4 Å².